The SMILES string of the molecule is Cc1ccc(C(=O)N[C@@H](c2ccccc2)c2ccc3nc[nH]c3c2)o1. The molecule has 124 valence electrons. The first-order valence-electron chi connectivity index (χ1n) is 8.06. The Morgan fingerprint density at radius 3 is 2.68 bits per heavy atom. The van der Waals surface area contributed by atoms with Gasteiger partial charge in [0.25, 0.3) is 5.91 Å². The average Bonchev–Trinajstić information content (AvgIpc) is 3.28. The molecular formula is C20H17N3O2. The third-order valence-electron chi connectivity index (χ3n) is 4.15. The summed E-state index contributed by atoms with van der Waals surface area (Å²) in [6.45, 7) is 1.82. The number of amides is 1. The van der Waals surface area contributed by atoms with Gasteiger partial charge in [-0.15, -0.1) is 0 Å². The summed E-state index contributed by atoms with van der Waals surface area (Å²) in [6.07, 6.45) is 1.66. The summed E-state index contributed by atoms with van der Waals surface area (Å²) in [7, 11) is 0. The minimum atomic E-state index is -0.285. The fraction of sp³-hybridized carbons (Fsp3) is 0.100. The monoisotopic (exact) mass is 331 g/mol. The molecule has 0 unspecified atom stereocenters. The van der Waals surface area contributed by atoms with Gasteiger partial charge in [0.05, 0.1) is 23.4 Å². The fourth-order valence-electron chi connectivity index (χ4n) is 2.90. The maximum atomic E-state index is 12.6. The number of carbonyl (C=O) groups excluding carboxylic acids is 1. The number of rotatable bonds is 4. The van der Waals surface area contributed by atoms with Gasteiger partial charge in [0, 0.05) is 0 Å². The summed E-state index contributed by atoms with van der Waals surface area (Å²) in [5.74, 6) is 0.771. The third-order valence-corrected chi connectivity index (χ3v) is 4.15. The van der Waals surface area contributed by atoms with Crippen LogP contribution in [-0.4, -0.2) is 15.9 Å². The zero-order valence-corrected chi connectivity index (χ0v) is 13.7. The van der Waals surface area contributed by atoms with Crippen LogP contribution in [0.15, 0.2) is 71.4 Å². The van der Waals surface area contributed by atoms with Crippen molar-refractivity contribution < 1.29 is 9.21 Å². The molecule has 0 saturated carbocycles. The molecule has 0 fully saturated rings. The number of nitrogens with one attached hydrogen (secondary N) is 2. The Morgan fingerprint density at radius 1 is 1.08 bits per heavy atom. The average molecular weight is 331 g/mol. The van der Waals surface area contributed by atoms with Crippen molar-refractivity contribution in [3.8, 4) is 0 Å². The minimum Gasteiger partial charge on any atom is -0.456 e. The molecule has 0 saturated heterocycles. The molecule has 2 aromatic carbocycles. The maximum absolute atomic E-state index is 12.6. The molecule has 0 radical (unpaired) electrons. The van der Waals surface area contributed by atoms with E-state index in [0.29, 0.717) is 11.5 Å². The van der Waals surface area contributed by atoms with E-state index in [1.807, 2.05) is 55.5 Å². The topological polar surface area (TPSA) is 70.9 Å². The molecular weight excluding hydrogens is 314 g/mol. The first kappa shape index (κ1) is 15.2. The van der Waals surface area contributed by atoms with Crippen LogP contribution in [0.1, 0.15) is 33.5 Å². The van der Waals surface area contributed by atoms with Crippen LogP contribution in [0.25, 0.3) is 11.0 Å². The summed E-state index contributed by atoms with van der Waals surface area (Å²) in [6, 6.07) is 19.0. The van der Waals surface area contributed by atoms with Crippen molar-refractivity contribution in [3.63, 3.8) is 0 Å². The molecule has 0 aliphatic heterocycles. The number of imidazole rings is 1. The van der Waals surface area contributed by atoms with Crippen LogP contribution in [-0.2, 0) is 0 Å². The number of aromatic nitrogens is 2. The molecule has 5 nitrogen and oxygen atoms in total. The molecule has 2 heterocycles. The Labute approximate surface area is 144 Å². The van der Waals surface area contributed by atoms with E-state index in [4.69, 9.17) is 4.42 Å². The van der Waals surface area contributed by atoms with E-state index >= 15 is 0 Å². The number of hydrogen-bond acceptors (Lipinski definition) is 3. The van der Waals surface area contributed by atoms with Crippen LogP contribution in [0.2, 0.25) is 0 Å². The highest BCUT2D eigenvalue weighted by atomic mass is 16.3. The van der Waals surface area contributed by atoms with Gasteiger partial charge in [-0.1, -0.05) is 36.4 Å². The van der Waals surface area contributed by atoms with Gasteiger partial charge in [-0.25, -0.2) is 4.98 Å². The van der Waals surface area contributed by atoms with E-state index in [0.717, 1.165) is 22.2 Å². The zero-order chi connectivity index (χ0) is 17.2. The first-order chi connectivity index (χ1) is 12.2. The van der Waals surface area contributed by atoms with Crippen LogP contribution in [0.3, 0.4) is 0 Å². The van der Waals surface area contributed by atoms with Gasteiger partial charge in [-0.3, -0.25) is 4.79 Å². The van der Waals surface area contributed by atoms with Crippen LogP contribution >= 0.6 is 0 Å². The second-order valence-electron chi connectivity index (χ2n) is 5.91. The largest absolute Gasteiger partial charge is 0.456 e. The Hall–Kier alpha value is -3.34. The van der Waals surface area contributed by atoms with Crippen LogP contribution in [0.5, 0.6) is 0 Å². The van der Waals surface area contributed by atoms with Gasteiger partial charge in [0.1, 0.15) is 5.76 Å². The highest BCUT2D eigenvalue weighted by molar-refractivity contribution is 5.92. The number of hydrogen-bond donors (Lipinski definition) is 2. The molecule has 0 aliphatic carbocycles. The molecule has 1 atom stereocenters. The second kappa shape index (κ2) is 6.28. The van der Waals surface area contributed by atoms with E-state index in [1.165, 1.54) is 0 Å². The van der Waals surface area contributed by atoms with Crippen LogP contribution in [0, 0.1) is 6.92 Å². The molecule has 0 bridgehead atoms. The van der Waals surface area contributed by atoms with Crippen molar-refractivity contribution in [1.82, 2.24) is 15.3 Å². The summed E-state index contributed by atoms with van der Waals surface area (Å²) in [4.78, 5) is 20.0. The van der Waals surface area contributed by atoms with E-state index in [1.54, 1.807) is 18.5 Å². The Morgan fingerprint density at radius 2 is 1.92 bits per heavy atom. The Bertz CT molecular complexity index is 1020. The van der Waals surface area contributed by atoms with Crippen LogP contribution in [0.4, 0.5) is 0 Å². The lowest BCUT2D eigenvalue weighted by Gasteiger charge is -2.19. The van der Waals surface area contributed by atoms with E-state index in [2.05, 4.69) is 15.3 Å². The fourth-order valence-corrected chi connectivity index (χ4v) is 2.90. The lowest BCUT2D eigenvalue weighted by molar-refractivity contribution is 0.0913. The predicted molar refractivity (Wildman–Crippen MR) is 95.3 cm³/mol. The molecule has 5 heteroatoms. The highest BCUT2D eigenvalue weighted by Crippen LogP contribution is 2.25. The number of aryl methyl sites for hydroxylation is 1. The molecule has 0 aliphatic rings. The van der Waals surface area contributed by atoms with Gasteiger partial charge >= 0.3 is 0 Å². The van der Waals surface area contributed by atoms with Gasteiger partial charge in [-0.2, -0.15) is 0 Å². The van der Waals surface area contributed by atoms with Gasteiger partial charge in [0.15, 0.2) is 5.76 Å². The molecule has 25 heavy (non-hydrogen) atoms. The van der Waals surface area contributed by atoms with E-state index < -0.39 is 0 Å². The number of carbonyl (C=O) groups is 1. The standard InChI is InChI=1S/C20H17N3O2/c1-13-7-10-18(25-13)20(24)23-19(14-5-3-2-4-6-14)15-8-9-16-17(11-15)22-12-21-16/h2-12,19H,1H3,(H,21,22)(H,23,24)/t19-/m0/s1. The maximum Gasteiger partial charge on any atom is 0.287 e. The quantitative estimate of drug-likeness (QED) is 0.594. The number of aromatic amines is 1. The number of furan rings is 1. The number of H-pyrrole nitrogens is 1. The molecule has 1 amide bonds. The predicted octanol–water partition coefficient (Wildman–Crippen LogP) is 3.98. The minimum absolute atomic E-state index is 0.244. The highest BCUT2D eigenvalue weighted by Gasteiger charge is 2.20. The van der Waals surface area contributed by atoms with Gasteiger partial charge in [-0.05, 0) is 42.3 Å². The summed E-state index contributed by atoms with van der Waals surface area (Å²) < 4.78 is 5.45. The van der Waals surface area contributed by atoms with E-state index in [9.17, 15) is 4.79 Å². The van der Waals surface area contributed by atoms with Crippen molar-refractivity contribution in [2.75, 3.05) is 0 Å². The Kier molecular flexibility index (Phi) is 3.82. The van der Waals surface area contributed by atoms with Crippen molar-refractivity contribution in [2.45, 2.75) is 13.0 Å². The number of nitrogens with zero attached hydrogens (tertiary/aromatic N) is 1. The smallest absolute Gasteiger partial charge is 0.287 e. The lowest BCUT2D eigenvalue weighted by Crippen LogP contribution is -2.29. The third kappa shape index (κ3) is 3.04. The van der Waals surface area contributed by atoms with Crippen molar-refractivity contribution in [1.29, 1.82) is 0 Å². The van der Waals surface area contributed by atoms with Crippen molar-refractivity contribution in [2.24, 2.45) is 0 Å². The van der Waals surface area contributed by atoms with Crippen molar-refractivity contribution in [3.05, 3.63) is 89.6 Å². The number of benzene rings is 2. The lowest BCUT2D eigenvalue weighted by atomic mass is 9.98. The molecule has 4 rings (SSSR count). The normalized spacial score (nSPS) is 12.2. The summed E-state index contributed by atoms with van der Waals surface area (Å²) in [5.41, 5.74) is 3.79. The van der Waals surface area contributed by atoms with E-state index in [-0.39, 0.29) is 11.9 Å². The molecule has 4 aromatic rings. The number of fused-ring (bicyclic) bond motifs is 1. The first-order valence-corrected chi connectivity index (χ1v) is 8.06. The van der Waals surface area contributed by atoms with Gasteiger partial charge < -0.3 is 14.7 Å². The summed E-state index contributed by atoms with van der Waals surface area (Å²) in [5, 5.41) is 3.07. The molecule has 0 spiro atoms. The Balaban J connectivity index is 1.72. The second-order valence-corrected chi connectivity index (χ2v) is 5.91. The van der Waals surface area contributed by atoms with Gasteiger partial charge in [0.2, 0.25) is 0 Å². The van der Waals surface area contributed by atoms with Crippen molar-refractivity contribution >= 4 is 16.9 Å². The van der Waals surface area contributed by atoms with Crippen LogP contribution < -0.4 is 5.32 Å². The summed E-state index contributed by atoms with van der Waals surface area (Å²) >= 11 is 0. The molecule has 2 aromatic heterocycles. The molecule has 2 N–H and O–H groups in total. The zero-order valence-electron chi connectivity index (χ0n) is 13.7.